The Morgan fingerprint density at radius 2 is 2.07 bits per heavy atom. The zero-order valence-corrected chi connectivity index (χ0v) is 9.02. The summed E-state index contributed by atoms with van der Waals surface area (Å²) in [5.74, 6) is 3.32. The van der Waals surface area contributed by atoms with E-state index in [0.717, 1.165) is 18.7 Å². The number of anilines is 1. The van der Waals surface area contributed by atoms with Crippen LogP contribution in [0.4, 0.5) is 5.82 Å². The maximum absolute atomic E-state index is 6.13. The lowest BCUT2D eigenvalue weighted by atomic mass is 9.98. The Kier molecular flexibility index (Phi) is 1.97. The van der Waals surface area contributed by atoms with Crippen LogP contribution in [0.3, 0.4) is 0 Å². The van der Waals surface area contributed by atoms with E-state index in [2.05, 4.69) is 9.78 Å². The third-order valence-electron chi connectivity index (χ3n) is 3.19. The van der Waals surface area contributed by atoms with Crippen LogP contribution in [0.5, 0.6) is 0 Å². The molecule has 0 radical (unpaired) electrons. The molecule has 1 saturated heterocycles. The smallest absolute Gasteiger partial charge is 0.125 e. The van der Waals surface area contributed by atoms with Crippen LogP contribution >= 0.6 is 11.8 Å². The van der Waals surface area contributed by atoms with Crippen molar-refractivity contribution in [2.45, 2.75) is 31.7 Å². The molecule has 3 nitrogen and oxygen atoms in total. The third kappa shape index (κ3) is 1.16. The van der Waals surface area contributed by atoms with E-state index in [4.69, 9.17) is 5.73 Å². The number of aromatic nitrogens is 2. The van der Waals surface area contributed by atoms with Gasteiger partial charge in [0, 0.05) is 17.1 Å². The molecule has 0 bridgehead atoms. The van der Waals surface area contributed by atoms with E-state index in [1.165, 1.54) is 35.6 Å². The van der Waals surface area contributed by atoms with E-state index >= 15 is 0 Å². The monoisotopic (exact) mass is 209 g/mol. The number of nitrogens with two attached hydrogens (primary N) is 1. The second-order valence-corrected chi connectivity index (χ2v) is 5.23. The van der Waals surface area contributed by atoms with Crippen LogP contribution in [0.15, 0.2) is 0 Å². The summed E-state index contributed by atoms with van der Waals surface area (Å²) < 4.78 is 2.08. The van der Waals surface area contributed by atoms with E-state index in [-0.39, 0.29) is 0 Å². The normalized spacial score (nSPS) is 21.7. The largest absolute Gasteiger partial charge is 0.384 e. The van der Waals surface area contributed by atoms with Crippen LogP contribution in [0, 0.1) is 0 Å². The highest BCUT2D eigenvalue weighted by Crippen LogP contribution is 2.34. The second kappa shape index (κ2) is 3.19. The Labute approximate surface area is 88.0 Å². The Bertz CT molecular complexity index is 354. The molecule has 0 saturated carbocycles. The predicted octanol–water partition coefficient (Wildman–Crippen LogP) is 1.63. The number of rotatable bonds is 1. The molecule has 76 valence electrons. The second-order valence-electron chi connectivity index (χ2n) is 4.15. The molecule has 0 amide bonds. The van der Waals surface area contributed by atoms with Crippen molar-refractivity contribution < 1.29 is 0 Å². The molecule has 2 heterocycles. The third-order valence-corrected chi connectivity index (χ3v) is 4.43. The van der Waals surface area contributed by atoms with Gasteiger partial charge in [0.05, 0.1) is 11.7 Å². The Hall–Kier alpha value is -0.640. The first kappa shape index (κ1) is 8.65. The lowest BCUT2D eigenvalue weighted by molar-refractivity contribution is 0.527. The molecule has 0 spiro atoms. The van der Waals surface area contributed by atoms with Gasteiger partial charge in [0.25, 0.3) is 0 Å². The highest BCUT2D eigenvalue weighted by molar-refractivity contribution is 8.00. The molecular weight excluding hydrogens is 194 g/mol. The van der Waals surface area contributed by atoms with Gasteiger partial charge in [-0.05, 0) is 25.7 Å². The van der Waals surface area contributed by atoms with Crippen molar-refractivity contribution in [3.8, 4) is 0 Å². The van der Waals surface area contributed by atoms with E-state index in [1.807, 2.05) is 11.8 Å². The van der Waals surface area contributed by atoms with Crippen molar-refractivity contribution >= 4 is 17.6 Å². The topological polar surface area (TPSA) is 43.8 Å². The zero-order chi connectivity index (χ0) is 9.54. The summed E-state index contributed by atoms with van der Waals surface area (Å²) >= 11 is 1.98. The zero-order valence-electron chi connectivity index (χ0n) is 8.20. The molecule has 1 aromatic heterocycles. The number of thioether (sulfide) groups is 1. The fourth-order valence-electron chi connectivity index (χ4n) is 2.24. The minimum absolute atomic E-state index is 0.575. The van der Waals surface area contributed by atoms with E-state index in [0.29, 0.717) is 6.04 Å². The first-order chi connectivity index (χ1) is 6.86. The molecule has 3 rings (SSSR count). The van der Waals surface area contributed by atoms with Gasteiger partial charge in [-0.15, -0.1) is 0 Å². The van der Waals surface area contributed by atoms with Crippen molar-refractivity contribution in [1.82, 2.24) is 9.78 Å². The lowest BCUT2D eigenvalue weighted by Crippen LogP contribution is -2.25. The first-order valence-corrected chi connectivity index (χ1v) is 6.45. The minimum atomic E-state index is 0.575. The standard InChI is InChI=1S/C10H15N3S/c11-10-8-3-1-2-4-9(8)12-13(10)7-5-14-6-7/h7H,1-6,11H2. The Balaban J connectivity index is 2.00. The molecule has 0 unspecified atom stereocenters. The summed E-state index contributed by atoms with van der Waals surface area (Å²) in [7, 11) is 0. The van der Waals surface area contributed by atoms with Crippen molar-refractivity contribution in [2.75, 3.05) is 17.2 Å². The predicted molar refractivity (Wildman–Crippen MR) is 59.6 cm³/mol. The molecule has 0 aromatic carbocycles. The van der Waals surface area contributed by atoms with Gasteiger partial charge in [-0.2, -0.15) is 16.9 Å². The maximum Gasteiger partial charge on any atom is 0.125 e. The first-order valence-electron chi connectivity index (χ1n) is 5.30. The van der Waals surface area contributed by atoms with Gasteiger partial charge in [-0.1, -0.05) is 0 Å². The summed E-state index contributed by atoms with van der Waals surface area (Å²) in [6.45, 7) is 0. The molecule has 1 aliphatic carbocycles. The van der Waals surface area contributed by atoms with Crippen molar-refractivity contribution in [3.05, 3.63) is 11.3 Å². The van der Waals surface area contributed by atoms with Crippen LogP contribution in [0.1, 0.15) is 30.1 Å². The highest BCUT2D eigenvalue weighted by atomic mass is 32.2. The SMILES string of the molecule is Nc1c2c(nn1C1CSC1)CCCC2. The summed E-state index contributed by atoms with van der Waals surface area (Å²) in [5, 5.41) is 4.65. The van der Waals surface area contributed by atoms with Gasteiger partial charge in [0.15, 0.2) is 0 Å². The van der Waals surface area contributed by atoms with Crippen LogP contribution in [-0.2, 0) is 12.8 Å². The molecule has 1 aromatic rings. The van der Waals surface area contributed by atoms with E-state index in [9.17, 15) is 0 Å². The molecule has 0 atom stereocenters. The van der Waals surface area contributed by atoms with E-state index in [1.54, 1.807) is 0 Å². The Morgan fingerprint density at radius 1 is 1.29 bits per heavy atom. The summed E-state index contributed by atoms with van der Waals surface area (Å²) in [6, 6.07) is 0.575. The molecule has 2 aliphatic rings. The summed E-state index contributed by atoms with van der Waals surface area (Å²) in [4.78, 5) is 0. The van der Waals surface area contributed by atoms with Crippen LogP contribution < -0.4 is 5.73 Å². The van der Waals surface area contributed by atoms with Gasteiger partial charge in [-0.3, -0.25) is 0 Å². The molecular formula is C10H15N3S. The molecule has 14 heavy (non-hydrogen) atoms. The number of nitrogen functional groups attached to an aromatic ring is 1. The van der Waals surface area contributed by atoms with Gasteiger partial charge in [-0.25, -0.2) is 4.68 Å². The summed E-state index contributed by atoms with van der Waals surface area (Å²) in [6.07, 6.45) is 4.83. The molecule has 1 fully saturated rings. The number of nitrogens with zero attached hydrogens (tertiary/aromatic N) is 2. The number of hydrogen-bond acceptors (Lipinski definition) is 3. The average Bonchev–Trinajstić information content (AvgIpc) is 2.43. The van der Waals surface area contributed by atoms with Crippen molar-refractivity contribution in [1.29, 1.82) is 0 Å². The fourth-order valence-corrected chi connectivity index (χ4v) is 2.97. The van der Waals surface area contributed by atoms with Crippen molar-refractivity contribution in [3.63, 3.8) is 0 Å². The van der Waals surface area contributed by atoms with Gasteiger partial charge in [0.2, 0.25) is 0 Å². The van der Waals surface area contributed by atoms with Crippen LogP contribution in [0.2, 0.25) is 0 Å². The Morgan fingerprint density at radius 3 is 2.71 bits per heavy atom. The van der Waals surface area contributed by atoms with E-state index < -0.39 is 0 Å². The number of hydrogen-bond donors (Lipinski definition) is 1. The quantitative estimate of drug-likeness (QED) is 0.764. The molecule has 4 heteroatoms. The van der Waals surface area contributed by atoms with Crippen LogP contribution in [0.25, 0.3) is 0 Å². The fraction of sp³-hybridized carbons (Fsp3) is 0.700. The van der Waals surface area contributed by atoms with Gasteiger partial charge < -0.3 is 5.73 Å². The van der Waals surface area contributed by atoms with Crippen molar-refractivity contribution in [2.24, 2.45) is 0 Å². The summed E-state index contributed by atoms with van der Waals surface area (Å²) in [5.41, 5.74) is 8.74. The van der Waals surface area contributed by atoms with Crippen LogP contribution in [-0.4, -0.2) is 21.3 Å². The molecule has 2 N–H and O–H groups in total. The number of aryl methyl sites for hydroxylation is 1. The van der Waals surface area contributed by atoms with Gasteiger partial charge >= 0.3 is 0 Å². The molecule has 1 aliphatic heterocycles. The highest BCUT2D eigenvalue weighted by Gasteiger charge is 2.26. The average molecular weight is 209 g/mol. The maximum atomic E-state index is 6.13. The lowest BCUT2D eigenvalue weighted by Gasteiger charge is -2.26. The number of fused-ring (bicyclic) bond motifs is 1. The van der Waals surface area contributed by atoms with Gasteiger partial charge in [0.1, 0.15) is 5.82 Å². The minimum Gasteiger partial charge on any atom is -0.384 e.